The summed E-state index contributed by atoms with van der Waals surface area (Å²) < 4.78 is 7.94. The van der Waals surface area contributed by atoms with Gasteiger partial charge in [0.2, 0.25) is 5.91 Å². The van der Waals surface area contributed by atoms with Gasteiger partial charge in [-0.3, -0.25) is 7.91 Å². The minimum Gasteiger partial charge on any atom is -0.413 e. The Balaban J connectivity index is 2.58. The average Bonchev–Trinajstić information content (AvgIpc) is 2.10. The van der Waals surface area contributed by atoms with Gasteiger partial charge in [0, 0.05) is 6.54 Å². The second-order valence-electron chi connectivity index (χ2n) is 6.07. The highest BCUT2D eigenvalue weighted by molar-refractivity contribution is 14.1. The number of rotatable bonds is 3. The van der Waals surface area contributed by atoms with Gasteiger partial charge in [-0.15, -0.1) is 0 Å². The van der Waals surface area contributed by atoms with E-state index in [1.54, 1.807) is 3.11 Å². The summed E-state index contributed by atoms with van der Waals surface area (Å²) in [6, 6.07) is 0. The highest BCUT2D eigenvalue weighted by atomic mass is 127. The van der Waals surface area contributed by atoms with Crippen LogP contribution in [0.25, 0.3) is 0 Å². The molecule has 3 nitrogen and oxygen atoms in total. The van der Waals surface area contributed by atoms with E-state index < -0.39 is 8.32 Å². The van der Waals surface area contributed by atoms with Gasteiger partial charge in [-0.25, -0.2) is 0 Å². The van der Waals surface area contributed by atoms with Gasteiger partial charge in [0.05, 0.1) is 34.9 Å². The van der Waals surface area contributed by atoms with Crippen LogP contribution in [-0.4, -0.2) is 30.0 Å². The van der Waals surface area contributed by atoms with E-state index in [1.165, 1.54) is 0 Å². The summed E-state index contributed by atoms with van der Waals surface area (Å²) in [5.41, 5.74) is 0. The van der Waals surface area contributed by atoms with Crippen LogP contribution in [0.3, 0.4) is 0 Å². The molecule has 0 aliphatic carbocycles. The predicted octanol–water partition coefficient (Wildman–Crippen LogP) is 3.21. The zero-order valence-electron chi connectivity index (χ0n) is 11.0. The second kappa shape index (κ2) is 4.57. The molecule has 1 rings (SSSR count). The Morgan fingerprint density at radius 2 is 2.00 bits per heavy atom. The fourth-order valence-corrected chi connectivity index (χ4v) is 3.71. The molecular formula is C11H22INO2Si. The van der Waals surface area contributed by atoms with Crippen molar-refractivity contribution in [2.45, 2.75) is 51.9 Å². The minimum absolute atomic E-state index is 0.0550. The van der Waals surface area contributed by atoms with Crippen molar-refractivity contribution in [3.8, 4) is 0 Å². The predicted molar refractivity (Wildman–Crippen MR) is 77.0 cm³/mol. The molecule has 1 fully saturated rings. The molecule has 5 heteroatoms. The van der Waals surface area contributed by atoms with Crippen LogP contribution in [-0.2, 0) is 9.22 Å². The summed E-state index contributed by atoms with van der Waals surface area (Å²) in [6.07, 6.45) is 0.0550. The first kappa shape index (κ1) is 14.4. The fraction of sp³-hybridized carbons (Fsp3) is 0.909. The molecule has 0 spiro atoms. The van der Waals surface area contributed by atoms with Crippen molar-refractivity contribution in [2.24, 2.45) is 5.92 Å². The number of carbonyl (C=O) groups is 1. The number of halogens is 1. The van der Waals surface area contributed by atoms with Crippen molar-refractivity contribution in [3.05, 3.63) is 0 Å². The molecule has 94 valence electrons. The van der Waals surface area contributed by atoms with Crippen molar-refractivity contribution in [3.63, 3.8) is 0 Å². The van der Waals surface area contributed by atoms with Gasteiger partial charge < -0.3 is 4.43 Å². The van der Waals surface area contributed by atoms with Crippen molar-refractivity contribution in [1.29, 1.82) is 0 Å². The van der Waals surface area contributed by atoms with Gasteiger partial charge in [-0.05, 0) is 25.1 Å². The quantitative estimate of drug-likeness (QED) is 0.337. The maximum absolute atomic E-state index is 11.6. The highest BCUT2D eigenvalue weighted by Crippen LogP contribution is 2.39. The summed E-state index contributed by atoms with van der Waals surface area (Å²) in [7, 11) is -1.74. The smallest absolute Gasteiger partial charge is 0.238 e. The molecule has 0 radical (unpaired) electrons. The first-order valence-corrected chi connectivity index (χ1v) is 9.58. The lowest BCUT2D eigenvalue weighted by atomic mass is 9.97. The largest absolute Gasteiger partial charge is 0.413 e. The van der Waals surface area contributed by atoms with Crippen LogP contribution in [0.15, 0.2) is 0 Å². The number of β-lactam (4-membered cyclic amide) rings is 1. The molecule has 0 aromatic carbocycles. The first-order valence-electron chi connectivity index (χ1n) is 5.71. The molecule has 1 amide bonds. The van der Waals surface area contributed by atoms with E-state index in [1.807, 2.05) is 6.92 Å². The summed E-state index contributed by atoms with van der Waals surface area (Å²) in [4.78, 5) is 11.6. The van der Waals surface area contributed by atoms with Gasteiger partial charge in [-0.1, -0.05) is 20.8 Å². The van der Waals surface area contributed by atoms with Gasteiger partial charge in [0.1, 0.15) is 0 Å². The number of hydrogen-bond acceptors (Lipinski definition) is 2. The molecule has 0 bridgehead atoms. The minimum atomic E-state index is -1.74. The van der Waals surface area contributed by atoms with Crippen molar-refractivity contribution < 1.29 is 9.22 Å². The van der Waals surface area contributed by atoms with E-state index in [0.29, 0.717) is 0 Å². The van der Waals surface area contributed by atoms with Crippen molar-refractivity contribution >= 4 is 37.1 Å². The lowest BCUT2D eigenvalue weighted by Gasteiger charge is -2.43. The molecule has 1 heterocycles. The highest BCUT2D eigenvalue weighted by Gasteiger charge is 2.45. The molecule has 0 N–H and O–H groups in total. The number of hydrogen-bond donors (Lipinski definition) is 0. The summed E-state index contributed by atoms with van der Waals surface area (Å²) in [6.45, 7) is 14.0. The number of carbonyl (C=O) groups excluding carboxylic acids is 1. The Morgan fingerprint density at radius 3 is 2.31 bits per heavy atom. The Kier molecular flexibility index (Phi) is 4.12. The van der Waals surface area contributed by atoms with E-state index >= 15 is 0 Å². The SMILES string of the molecule is C[C@H](O[Si](C)(C)C(C)(C)C)[C@@H]1CN(I)C1=O. The zero-order valence-corrected chi connectivity index (χ0v) is 14.2. The van der Waals surface area contributed by atoms with Crippen LogP contribution in [0.4, 0.5) is 0 Å². The van der Waals surface area contributed by atoms with E-state index in [2.05, 4.69) is 56.7 Å². The van der Waals surface area contributed by atoms with Crippen LogP contribution < -0.4 is 0 Å². The van der Waals surface area contributed by atoms with Crippen LogP contribution >= 0.6 is 22.9 Å². The average molecular weight is 355 g/mol. The van der Waals surface area contributed by atoms with Crippen LogP contribution in [0.5, 0.6) is 0 Å². The topological polar surface area (TPSA) is 29.5 Å². The number of amides is 1. The lowest BCUT2D eigenvalue weighted by Crippen LogP contribution is -2.55. The molecule has 1 aliphatic rings. The van der Waals surface area contributed by atoms with Crippen LogP contribution in [0, 0.1) is 5.92 Å². The van der Waals surface area contributed by atoms with E-state index in [4.69, 9.17) is 4.43 Å². The van der Waals surface area contributed by atoms with Gasteiger partial charge in [0.25, 0.3) is 0 Å². The summed E-state index contributed by atoms with van der Waals surface area (Å²) >= 11 is 2.06. The summed E-state index contributed by atoms with van der Waals surface area (Å²) in [5.74, 6) is 0.290. The standard InChI is InChI=1S/C11H22INO2Si/c1-8(9-7-13(12)10(9)14)15-16(5,6)11(2,3)4/h8-9H,7H2,1-6H3/t8-,9-/m0/s1. The normalized spacial score (nSPS) is 24.3. The van der Waals surface area contributed by atoms with Crippen LogP contribution in [0.2, 0.25) is 18.1 Å². The molecular weight excluding hydrogens is 333 g/mol. The third-order valence-electron chi connectivity index (χ3n) is 3.77. The second-order valence-corrected chi connectivity index (χ2v) is 12.0. The van der Waals surface area contributed by atoms with E-state index in [9.17, 15) is 4.79 Å². The Bertz CT molecular complexity index is 288. The monoisotopic (exact) mass is 355 g/mol. The van der Waals surface area contributed by atoms with Gasteiger partial charge in [-0.2, -0.15) is 0 Å². The maximum atomic E-state index is 11.6. The lowest BCUT2D eigenvalue weighted by molar-refractivity contribution is -0.142. The third kappa shape index (κ3) is 2.79. The molecule has 0 saturated carbocycles. The van der Waals surface area contributed by atoms with Gasteiger partial charge in [0.15, 0.2) is 8.32 Å². The molecule has 1 saturated heterocycles. The zero-order chi connectivity index (χ0) is 12.7. The van der Waals surface area contributed by atoms with Crippen LogP contribution in [0.1, 0.15) is 27.7 Å². The van der Waals surface area contributed by atoms with Gasteiger partial charge >= 0.3 is 0 Å². The molecule has 1 aliphatic heterocycles. The molecule has 0 aromatic rings. The molecule has 16 heavy (non-hydrogen) atoms. The maximum Gasteiger partial charge on any atom is 0.238 e. The third-order valence-corrected chi connectivity index (χ3v) is 9.21. The van der Waals surface area contributed by atoms with E-state index in [0.717, 1.165) is 6.54 Å². The summed E-state index contributed by atoms with van der Waals surface area (Å²) in [5, 5.41) is 0.206. The molecule has 2 atom stereocenters. The Hall–Kier alpha value is 0.377. The van der Waals surface area contributed by atoms with E-state index in [-0.39, 0.29) is 23.0 Å². The fourth-order valence-electron chi connectivity index (χ4n) is 1.48. The van der Waals surface area contributed by atoms with Crippen molar-refractivity contribution in [2.75, 3.05) is 6.54 Å². The van der Waals surface area contributed by atoms with Crippen molar-refractivity contribution in [1.82, 2.24) is 3.11 Å². The Labute approximate surface area is 114 Å². The molecule has 0 aromatic heterocycles. The number of nitrogens with zero attached hydrogens (tertiary/aromatic N) is 1. The first-order chi connectivity index (χ1) is 7.06. The molecule has 0 unspecified atom stereocenters. The Morgan fingerprint density at radius 1 is 1.50 bits per heavy atom.